The lowest BCUT2D eigenvalue weighted by atomic mass is 9.91. The zero-order chi connectivity index (χ0) is 37.1. The van der Waals surface area contributed by atoms with Crippen LogP contribution in [0.2, 0.25) is 0 Å². The summed E-state index contributed by atoms with van der Waals surface area (Å²) in [5, 5.41) is 18.5. The highest BCUT2D eigenvalue weighted by atomic mass is 32.2. The first-order chi connectivity index (χ1) is 23.3. The minimum Gasteiger partial charge on any atom is -0.390 e. The van der Waals surface area contributed by atoms with Crippen molar-refractivity contribution in [2.45, 2.75) is 59.8 Å². The van der Waals surface area contributed by atoms with E-state index < -0.39 is 80.4 Å². The van der Waals surface area contributed by atoms with E-state index >= 15 is 0 Å². The third kappa shape index (κ3) is 8.19. The third-order valence-electron chi connectivity index (χ3n) is 8.29. The molecule has 2 amide bonds. The molecule has 2 N–H and O–H groups in total. The number of amides is 2. The van der Waals surface area contributed by atoms with Crippen LogP contribution in [0.25, 0.3) is 0 Å². The highest BCUT2D eigenvalue weighted by Crippen LogP contribution is 2.53. The molecule has 2 aliphatic heterocycles. The van der Waals surface area contributed by atoms with Gasteiger partial charge in [-0.3, -0.25) is 0 Å². The van der Waals surface area contributed by atoms with Gasteiger partial charge in [0.2, 0.25) is 0 Å². The molecular weight excluding hydrogens is 711 g/mol. The average Bonchev–Trinajstić information content (AvgIpc) is 3.55. The lowest BCUT2D eigenvalue weighted by Crippen LogP contribution is -2.55. The first kappa shape index (κ1) is 38.9. The molecule has 0 aromatic heterocycles. The molecule has 274 valence electrons. The number of likely N-dealkylation sites (tertiary alicyclic amines) is 2. The summed E-state index contributed by atoms with van der Waals surface area (Å²) >= 11 is 0. The molecule has 0 saturated carbocycles. The van der Waals surface area contributed by atoms with Crippen LogP contribution in [0.4, 0.5) is 44.3 Å². The van der Waals surface area contributed by atoms with Crippen molar-refractivity contribution in [1.82, 2.24) is 9.80 Å². The highest BCUT2D eigenvalue weighted by Gasteiger charge is 2.73. The fraction of sp³-hybridized carbons (Fsp3) is 0.406. The predicted molar refractivity (Wildman–Crippen MR) is 159 cm³/mol. The summed E-state index contributed by atoms with van der Waals surface area (Å²) in [6.07, 6.45) is -13.1. The molecule has 2 aliphatic rings. The minimum absolute atomic E-state index is 0.0336. The summed E-state index contributed by atoms with van der Waals surface area (Å²) in [6, 6.07) is 11.0. The Balaban J connectivity index is 0.000000225. The molecule has 50 heavy (non-hydrogen) atoms. The fourth-order valence-electron chi connectivity index (χ4n) is 5.52. The van der Waals surface area contributed by atoms with Crippen molar-refractivity contribution in [1.29, 1.82) is 0 Å². The van der Waals surface area contributed by atoms with Crippen LogP contribution in [0.3, 0.4) is 0 Å². The molecule has 3 aromatic rings. The topological polar surface area (TPSA) is 107 Å². The number of piperidine rings is 1. The van der Waals surface area contributed by atoms with Crippen LogP contribution in [-0.4, -0.2) is 90.5 Å². The standard InChI is InChI=1S/C16H10F8O.C16H21FN2O5S/c17-12-7-4-8-13(18)11(12)9-25-14(15(19,20)21,16(22,23)24)10-5-2-1-3-6-10;17-11-1-3-12(4-2-11)25(23,24)13-5-7-18(9-13)16(22)19-8-6-14(20)15(21)10-19/h1-8H,9H2;1-4,13-15,20-21H,5-10H2. The number of carbonyl (C=O) groups is 1. The normalized spacial score (nSPS) is 20.3. The number of benzene rings is 3. The van der Waals surface area contributed by atoms with Gasteiger partial charge in [0, 0.05) is 30.8 Å². The second-order valence-corrected chi connectivity index (χ2v) is 13.8. The molecule has 0 spiro atoms. The molecule has 2 fully saturated rings. The molecule has 2 heterocycles. The maximum Gasteiger partial charge on any atom is 0.430 e. The molecule has 8 nitrogen and oxygen atoms in total. The molecule has 3 unspecified atom stereocenters. The number of rotatable bonds is 6. The van der Waals surface area contributed by atoms with Crippen molar-refractivity contribution in [3.63, 3.8) is 0 Å². The van der Waals surface area contributed by atoms with Crippen LogP contribution in [0.5, 0.6) is 0 Å². The van der Waals surface area contributed by atoms with Crippen molar-refractivity contribution in [3.05, 3.63) is 101 Å². The van der Waals surface area contributed by atoms with E-state index in [1.165, 1.54) is 28.0 Å². The van der Waals surface area contributed by atoms with Gasteiger partial charge in [-0.25, -0.2) is 26.4 Å². The predicted octanol–water partition coefficient (Wildman–Crippen LogP) is 5.72. The number of carbonyl (C=O) groups excluding carboxylic acids is 1. The first-order valence-corrected chi connectivity index (χ1v) is 16.5. The van der Waals surface area contributed by atoms with E-state index in [0.29, 0.717) is 43.8 Å². The Morgan fingerprint density at radius 3 is 1.82 bits per heavy atom. The lowest BCUT2D eigenvalue weighted by Gasteiger charge is -2.37. The number of alkyl halides is 6. The van der Waals surface area contributed by atoms with Gasteiger partial charge in [-0.05, 0) is 49.2 Å². The van der Waals surface area contributed by atoms with Crippen LogP contribution in [0, 0.1) is 17.5 Å². The van der Waals surface area contributed by atoms with Crippen LogP contribution in [0.15, 0.2) is 77.7 Å². The van der Waals surface area contributed by atoms with Gasteiger partial charge in [0.15, 0.2) is 9.84 Å². The zero-order valence-electron chi connectivity index (χ0n) is 25.8. The van der Waals surface area contributed by atoms with Gasteiger partial charge in [0.1, 0.15) is 17.5 Å². The Hall–Kier alpha value is -3.87. The summed E-state index contributed by atoms with van der Waals surface area (Å²) in [7, 11) is -3.64. The number of urea groups is 1. The second-order valence-electron chi connectivity index (χ2n) is 11.5. The van der Waals surface area contributed by atoms with Crippen LogP contribution >= 0.6 is 0 Å². The highest BCUT2D eigenvalue weighted by molar-refractivity contribution is 7.92. The van der Waals surface area contributed by atoms with Crippen molar-refractivity contribution in [2.24, 2.45) is 0 Å². The number of hydrogen-bond donors (Lipinski definition) is 2. The summed E-state index contributed by atoms with van der Waals surface area (Å²) in [4.78, 5) is 15.5. The number of ether oxygens (including phenoxy) is 1. The molecule has 18 heteroatoms. The van der Waals surface area contributed by atoms with Gasteiger partial charge in [-0.1, -0.05) is 36.4 Å². The lowest BCUT2D eigenvalue weighted by molar-refractivity contribution is -0.392. The summed E-state index contributed by atoms with van der Waals surface area (Å²) < 4.78 is 150. The Morgan fingerprint density at radius 1 is 0.740 bits per heavy atom. The van der Waals surface area contributed by atoms with E-state index in [1.54, 1.807) is 0 Å². The quantitative estimate of drug-likeness (QED) is 0.247. The Morgan fingerprint density at radius 2 is 1.28 bits per heavy atom. The number of nitrogens with zero attached hydrogens (tertiary/aromatic N) is 2. The Kier molecular flexibility index (Phi) is 11.8. The molecule has 3 atom stereocenters. The van der Waals surface area contributed by atoms with Gasteiger partial charge < -0.3 is 24.7 Å². The molecular formula is C32H31F9N2O6S. The number of sulfone groups is 1. The van der Waals surface area contributed by atoms with Crippen LogP contribution in [0.1, 0.15) is 24.0 Å². The molecule has 3 aromatic carbocycles. The Bertz CT molecular complexity index is 1690. The average molecular weight is 743 g/mol. The Labute approximate surface area is 280 Å². The number of aliphatic hydroxyl groups excluding tert-OH is 2. The van der Waals surface area contributed by atoms with Crippen molar-refractivity contribution < 1.29 is 67.7 Å². The number of hydrogen-bond acceptors (Lipinski definition) is 6. The van der Waals surface area contributed by atoms with E-state index in [-0.39, 0.29) is 30.4 Å². The summed E-state index contributed by atoms with van der Waals surface area (Å²) in [5.41, 5.74) is -7.00. The van der Waals surface area contributed by atoms with E-state index in [1.807, 2.05) is 0 Å². The maximum absolute atomic E-state index is 13.5. The molecule has 5 rings (SSSR count). The second kappa shape index (κ2) is 15.2. The van der Waals surface area contributed by atoms with Crippen LogP contribution < -0.4 is 0 Å². The van der Waals surface area contributed by atoms with Gasteiger partial charge in [-0.15, -0.1) is 0 Å². The number of halogens is 9. The fourth-order valence-corrected chi connectivity index (χ4v) is 7.22. The van der Waals surface area contributed by atoms with Gasteiger partial charge in [0.25, 0.3) is 5.60 Å². The van der Waals surface area contributed by atoms with Gasteiger partial charge in [0.05, 0.1) is 35.5 Å². The van der Waals surface area contributed by atoms with Crippen molar-refractivity contribution in [2.75, 3.05) is 26.2 Å². The zero-order valence-corrected chi connectivity index (χ0v) is 26.7. The van der Waals surface area contributed by atoms with Gasteiger partial charge >= 0.3 is 18.4 Å². The summed E-state index contributed by atoms with van der Waals surface area (Å²) in [6.45, 7) is -0.839. The van der Waals surface area contributed by atoms with Crippen molar-refractivity contribution in [3.8, 4) is 0 Å². The van der Waals surface area contributed by atoms with E-state index in [9.17, 15) is 62.9 Å². The SMILES string of the molecule is Fc1cccc(F)c1COC(c1ccccc1)(C(F)(F)F)C(F)(F)F.O=C(N1CCC(O)C(O)C1)N1CCC(S(=O)(=O)c2ccc(F)cc2)C1. The number of β-amino-alcohol motifs (C(OH)–C–C–N with tert-alkyl or cyclic N) is 1. The minimum atomic E-state index is -5.92. The van der Waals surface area contributed by atoms with Gasteiger partial charge in [-0.2, -0.15) is 26.3 Å². The first-order valence-electron chi connectivity index (χ1n) is 14.9. The van der Waals surface area contributed by atoms with Crippen molar-refractivity contribution >= 4 is 15.9 Å². The van der Waals surface area contributed by atoms with E-state index in [2.05, 4.69) is 4.74 Å². The third-order valence-corrected chi connectivity index (χ3v) is 10.5. The molecule has 0 bridgehead atoms. The van der Waals surface area contributed by atoms with E-state index in [0.717, 1.165) is 30.3 Å². The smallest absolute Gasteiger partial charge is 0.390 e. The van der Waals surface area contributed by atoms with Crippen LogP contribution in [-0.2, 0) is 26.8 Å². The van der Waals surface area contributed by atoms with E-state index in [4.69, 9.17) is 0 Å². The molecule has 0 aliphatic carbocycles. The summed E-state index contributed by atoms with van der Waals surface area (Å²) in [5.74, 6) is -3.13. The monoisotopic (exact) mass is 742 g/mol. The molecule has 0 radical (unpaired) electrons. The maximum atomic E-state index is 13.5. The largest absolute Gasteiger partial charge is 0.430 e. The number of aliphatic hydroxyl groups is 2. The molecule has 2 saturated heterocycles.